The fourth-order valence-corrected chi connectivity index (χ4v) is 3.11. The number of esters is 1. The number of benzene rings is 2. The number of rotatable bonds is 14. The quantitative estimate of drug-likeness (QED) is 0.117. The lowest BCUT2D eigenvalue weighted by molar-refractivity contribution is -0.386. The van der Waals surface area contributed by atoms with Crippen LogP contribution < -0.4 is 14.8 Å². The van der Waals surface area contributed by atoms with Crippen LogP contribution in [-0.4, -0.2) is 62.4 Å². The molecular formula is C24H25F5N2O8. The highest BCUT2D eigenvalue weighted by Crippen LogP contribution is 2.37. The van der Waals surface area contributed by atoms with E-state index in [1.165, 1.54) is 7.11 Å². The van der Waals surface area contributed by atoms with Crippen LogP contribution in [0, 0.1) is 10.1 Å². The van der Waals surface area contributed by atoms with Crippen molar-refractivity contribution in [3.05, 3.63) is 63.7 Å². The molecule has 0 aliphatic carbocycles. The highest BCUT2D eigenvalue weighted by molar-refractivity contribution is 5.97. The number of hydrogen-bond acceptors (Lipinski definition) is 8. The number of nitro groups is 1. The van der Waals surface area contributed by atoms with Crippen LogP contribution in [-0.2, 0) is 20.9 Å². The topological polar surface area (TPSA) is 126 Å². The fourth-order valence-electron chi connectivity index (χ4n) is 3.11. The van der Waals surface area contributed by atoms with Crippen LogP contribution >= 0.6 is 0 Å². The first kappa shape index (κ1) is 31.2. The maximum atomic E-state index is 13.2. The van der Waals surface area contributed by atoms with Gasteiger partial charge in [0.2, 0.25) is 0 Å². The largest absolute Gasteiger partial charge is 0.497 e. The Morgan fingerprint density at radius 1 is 1.05 bits per heavy atom. The van der Waals surface area contributed by atoms with E-state index in [0.717, 1.165) is 18.7 Å². The van der Waals surface area contributed by atoms with Crippen molar-refractivity contribution in [3.63, 3.8) is 0 Å². The summed E-state index contributed by atoms with van der Waals surface area (Å²) in [5.74, 6) is -7.40. The molecule has 0 radical (unpaired) electrons. The van der Waals surface area contributed by atoms with Crippen LogP contribution in [0.3, 0.4) is 0 Å². The van der Waals surface area contributed by atoms with Crippen LogP contribution in [0.25, 0.3) is 0 Å². The summed E-state index contributed by atoms with van der Waals surface area (Å²) in [6, 6.07) is 8.22. The van der Waals surface area contributed by atoms with Gasteiger partial charge in [0.25, 0.3) is 5.91 Å². The molecule has 0 spiro atoms. The van der Waals surface area contributed by atoms with Crippen molar-refractivity contribution in [2.75, 3.05) is 27.4 Å². The van der Waals surface area contributed by atoms with E-state index in [-0.39, 0.29) is 19.6 Å². The molecular weight excluding hydrogens is 539 g/mol. The van der Waals surface area contributed by atoms with E-state index in [1.54, 1.807) is 12.1 Å². The zero-order chi connectivity index (χ0) is 29.2. The Morgan fingerprint density at radius 3 is 2.28 bits per heavy atom. The van der Waals surface area contributed by atoms with E-state index in [9.17, 15) is 41.7 Å². The van der Waals surface area contributed by atoms with Crippen molar-refractivity contribution in [2.24, 2.45) is 0 Å². The lowest BCUT2D eigenvalue weighted by Gasteiger charge is -2.20. The van der Waals surface area contributed by atoms with Gasteiger partial charge in [-0.25, -0.2) is 4.79 Å². The minimum absolute atomic E-state index is 0.0647. The number of halogens is 5. The Hall–Kier alpha value is -4.01. The molecule has 2 aromatic rings. The molecule has 0 aliphatic rings. The Kier molecular flexibility index (Phi) is 11.0. The predicted molar refractivity (Wildman–Crippen MR) is 125 cm³/mol. The number of nitrogens with zero attached hydrogens (tertiary/aromatic N) is 1. The van der Waals surface area contributed by atoms with Gasteiger partial charge in [0, 0.05) is 24.3 Å². The summed E-state index contributed by atoms with van der Waals surface area (Å²) < 4.78 is 83.5. The summed E-state index contributed by atoms with van der Waals surface area (Å²) in [6.45, 7) is -1.76. The third-order valence-corrected chi connectivity index (χ3v) is 5.24. The summed E-state index contributed by atoms with van der Waals surface area (Å²) in [6.07, 6.45) is -5.59. The standard InChI is InChI=1S/C24H25F5N2O8/c1-36-17-8-5-15(6-9-17)13-38-11-3-4-18(22(33)37-2)30-21(32)16-7-10-19(31(34)35)20(12-16)39-14-23(25,26)24(27,28)29/h5-10,12,18H,3-4,11,13-14H2,1-2H3,(H,30,32)/t18-/m0/s1. The molecule has 0 aliphatic heterocycles. The van der Waals surface area contributed by atoms with E-state index in [2.05, 4.69) is 14.8 Å². The van der Waals surface area contributed by atoms with Crippen molar-refractivity contribution in [1.29, 1.82) is 0 Å². The zero-order valence-electron chi connectivity index (χ0n) is 20.8. The zero-order valence-corrected chi connectivity index (χ0v) is 20.8. The number of carbonyl (C=O) groups excluding carboxylic acids is 2. The molecule has 15 heteroatoms. The molecule has 2 rings (SSSR count). The second kappa shape index (κ2) is 13.7. The summed E-state index contributed by atoms with van der Waals surface area (Å²) >= 11 is 0. The van der Waals surface area contributed by atoms with Crippen molar-refractivity contribution in [3.8, 4) is 11.5 Å². The highest BCUT2D eigenvalue weighted by atomic mass is 19.4. The molecule has 39 heavy (non-hydrogen) atoms. The van der Waals surface area contributed by atoms with E-state index in [4.69, 9.17) is 9.47 Å². The van der Waals surface area contributed by atoms with Gasteiger partial charge in [0.1, 0.15) is 11.8 Å². The Labute approximate surface area is 219 Å². The lowest BCUT2D eigenvalue weighted by atomic mass is 10.1. The monoisotopic (exact) mass is 564 g/mol. The Balaban J connectivity index is 2.03. The van der Waals surface area contributed by atoms with Crippen LogP contribution in [0.1, 0.15) is 28.8 Å². The first-order valence-corrected chi connectivity index (χ1v) is 11.2. The molecule has 2 aromatic carbocycles. The number of nitro benzene ring substituents is 1. The summed E-state index contributed by atoms with van der Waals surface area (Å²) in [4.78, 5) is 34.9. The van der Waals surface area contributed by atoms with Gasteiger partial charge >= 0.3 is 23.8 Å². The SMILES string of the molecule is COC(=O)[C@H](CCCOCc1ccc(OC)cc1)NC(=O)c1ccc([N+](=O)[O-])c(OCC(F)(F)C(F)(F)F)c1. The van der Waals surface area contributed by atoms with Gasteiger partial charge in [-0.05, 0) is 36.6 Å². The minimum atomic E-state index is -5.96. The Bertz CT molecular complexity index is 1140. The molecule has 1 N–H and O–H groups in total. The molecule has 1 atom stereocenters. The molecule has 0 unspecified atom stereocenters. The van der Waals surface area contributed by atoms with Gasteiger partial charge in [0.15, 0.2) is 12.4 Å². The Morgan fingerprint density at radius 2 is 1.72 bits per heavy atom. The van der Waals surface area contributed by atoms with Gasteiger partial charge in [-0.3, -0.25) is 14.9 Å². The number of methoxy groups -OCH3 is 2. The van der Waals surface area contributed by atoms with Gasteiger partial charge < -0.3 is 24.3 Å². The van der Waals surface area contributed by atoms with Crippen molar-refractivity contribution in [2.45, 2.75) is 37.6 Å². The minimum Gasteiger partial charge on any atom is -0.497 e. The highest BCUT2D eigenvalue weighted by Gasteiger charge is 2.58. The maximum absolute atomic E-state index is 13.2. The van der Waals surface area contributed by atoms with E-state index < -0.39 is 58.5 Å². The van der Waals surface area contributed by atoms with E-state index in [0.29, 0.717) is 24.3 Å². The number of ether oxygens (including phenoxy) is 4. The third kappa shape index (κ3) is 9.05. The molecule has 0 aromatic heterocycles. The fraction of sp³-hybridized carbons (Fsp3) is 0.417. The van der Waals surface area contributed by atoms with Crippen molar-refractivity contribution in [1.82, 2.24) is 5.32 Å². The number of nitrogens with one attached hydrogen (secondary N) is 1. The van der Waals surface area contributed by atoms with E-state index in [1.807, 2.05) is 12.1 Å². The van der Waals surface area contributed by atoms with Crippen LogP contribution in [0.15, 0.2) is 42.5 Å². The third-order valence-electron chi connectivity index (χ3n) is 5.24. The van der Waals surface area contributed by atoms with E-state index >= 15 is 0 Å². The molecule has 0 saturated carbocycles. The lowest BCUT2D eigenvalue weighted by Crippen LogP contribution is -2.42. The van der Waals surface area contributed by atoms with Gasteiger partial charge in [-0.1, -0.05) is 12.1 Å². The molecule has 214 valence electrons. The number of alkyl halides is 5. The van der Waals surface area contributed by atoms with Gasteiger partial charge in [0.05, 0.1) is 25.7 Å². The normalized spacial score (nSPS) is 12.4. The van der Waals surface area contributed by atoms with Crippen molar-refractivity contribution < 1.29 is 55.4 Å². The molecule has 0 bridgehead atoms. The van der Waals surface area contributed by atoms with Crippen LogP contribution in [0.4, 0.5) is 27.6 Å². The number of carbonyl (C=O) groups is 2. The molecule has 1 amide bonds. The van der Waals surface area contributed by atoms with Crippen molar-refractivity contribution >= 4 is 17.6 Å². The molecule has 0 saturated heterocycles. The second-order valence-corrected chi connectivity index (χ2v) is 8.02. The smallest absolute Gasteiger partial charge is 0.456 e. The summed E-state index contributed by atoms with van der Waals surface area (Å²) in [5, 5.41) is 13.5. The van der Waals surface area contributed by atoms with Gasteiger partial charge in [-0.2, -0.15) is 22.0 Å². The summed E-state index contributed by atoms with van der Waals surface area (Å²) in [7, 11) is 2.62. The van der Waals surface area contributed by atoms with Gasteiger partial charge in [-0.15, -0.1) is 0 Å². The average molecular weight is 564 g/mol. The summed E-state index contributed by atoms with van der Waals surface area (Å²) in [5.41, 5.74) is -0.462. The second-order valence-electron chi connectivity index (χ2n) is 8.02. The first-order valence-electron chi connectivity index (χ1n) is 11.2. The molecule has 0 heterocycles. The van der Waals surface area contributed by atoms with Crippen LogP contribution in [0.2, 0.25) is 0 Å². The molecule has 0 fully saturated rings. The molecule has 10 nitrogen and oxygen atoms in total. The predicted octanol–water partition coefficient (Wildman–Crippen LogP) is 4.45. The number of hydrogen-bond donors (Lipinski definition) is 1. The maximum Gasteiger partial charge on any atom is 0.456 e. The first-order chi connectivity index (χ1) is 18.3. The van der Waals surface area contributed by atoms with Crippen LogP contribution in [0.5, 0.6) is 11.5 Å². The number of amides is 1. The average Bonchev–Trinajstić information content (AvgIpc) is 2.89.